The average molecular weight is 1430 g/mol. The largest absolute Gasteiger partial charge is 0.472 e. The summed E-state index contributed by atoms with van der Waals surface area (Å²) in [6, 6.07) is 0. The molecule has 3 aliphatic rings. The third kappa shape index (κ3) is 37.9. The second kappa shape index (κ2) is 55.2. The molecule has 0 aromatic rings. The maximum atomic E-state index is 14.3. The fraction of sp³-hybridized carbons (Fsp3) is 0.932. The Balaban J connectivity index is 1.73. The first-order valence-electron chi connectivity index (χ1n) is 38.5. The first kappa shape index (κ1) is 89.9. The molecule has 0 amide bonds. The third-order valence-corrected chi connectivity index (χ3v) is 20.0. The molecule has 11 N–H and O–H groups in total. The molecule has 24 nitrogen and oxygen atoms in total. The van der Waals surface area contributed by atoms with Gasteiger partial charge >= 0.3 is 25.7 Å². The summed E-state index contributed by atoms with van der Waals surface area (Å²) < 4.78 is 65.0. The molecule has 0 aromatic heterocycles. The second-order valence-corrected chi connectivity index (χ2v) is 29.1. The van der Waals surface area contributed by atoms with Crippen molar-refractivity contribution in [2.45, 2.75) is 407 Å². The van der Waals surface area contributed by atoms with Gasteiger partial charge in [0.05, 0.1) is 13.2 Å². The van der Waals surface area contributed by atoms with Crippen LogP contribution in [0.25, 0.3) is 0 Å². The molecule has 576 valence electrons. The summed E-state index contributed by atoms with van der Waals surface area (Å²) in [5.74, 6) is -1.99. The summed E-state index contributed by atoms with van der Waals surface area (Å²) in [6.45, 7) is 3.45. The van der Waals surface area contributed by atoms with Crippen LogP contribution in [0.3, 0.4) is 0 Å². The number of carbonyl (C=O) groups is 3. The molecule has 25 heteroatoms. The molecular weight excluding hydrogens is 1290 g/mol. The van der Waals surface area contributed by atoms with Gasteiger partial charge in [-0.2, -0.15) is 0 Å². The third-order valence-electron chi connectivity index (χ3n) is 19.0. The number of aliphatic hydroxyl groups is 10. The van der Waals surface area contributed by atoms with E-state index in [2.05, 4.69) is 32.9 Å². The molecule has 1 saturated carbocycles. The van der Waals surface area contributed by atoms with E-state index in [0.717, 1.165) is 96.3 Å². The highest BCUT2D eigenvalue weighted by atomic mass is 31.2. The van der Waals surface area contributed by atoms with Gasteiger partial charge in [0.15, 0.2) is 18.7 Å². The van der Waals surface area contributed by atoms with Crippen molar-refractivity contribution in [3.63, 3.8) is 0 Å². The molecule has 2 saturated heterocycles. The molecule has 3 fully saturated rings. The molecule has 98 heavy (non-hydrogen) atoms. The summed E-state index contributed by atoms with van der Waals surface area (Å²) in [5.41, 5.74) is 0. The van der Waals surface area contributed by atoms with Crippen LogP contribution in [0.2, 0.25) is 0 Å². The lowest BCUT2D eigenvalue weighted by Gasteiger charge is -2.49. The molecule has 2 heterocycles. The number of carbonyl (C=O) groups excluding carboxylic acids is 3. The number of aliphatic hydroxyl groups excluding tert-OH is 10. The van der Waals surface area contributed by atoms with Crippen LogP contribution in [0.1, 0.15) is 303 Å². The topological polar surface area (TPSA) is 374 Å². The fourth-order valence-corrected chi connectivity index (χ4v) is 13.7. The predicted octanol–water partition coefficient (Wildman–Crippen LogP) is 10.7. The first-order chi connectivity index (χ1) is 47.3. The zero-order valence-corrected chi connectivity index (χ0v) is 61.0. The number of hydrogen-bond acceptors (Lipinski definition) is 23. The highest BCUT2D eigenvalue weighted by Gasteiger charge is 2.58. The van der Waals surface area contributed by atoms with Crippen LogP contribution >= 0.6 is 7.82 Å². The van der Waals surface area contributed by atoms with Crippen LogP contribution in [0.4, 0.5) is 0 Å². The van der Waals surface area contributed by atoms with Crippen molar-refractivity contribution < 1.29 is 117 Å². The number of phosphoric ester groups is 1. The fourth-order valence-electron chi connectivity index (χ4n) is 12.8. The van der Waals surface area contributed by atoms with Gasteiger partial charge in [0, 0.05) is 19.3 Å². The Hall–Kier alpha value is -2.30. The summed E-state index contributed by atoms with van der Waals surface area (Å²) in [7, 11) is -5.69. The van der Waals surface area contributed by atoms with Crippen LogP contribution in [0.5, 0.6) is 0 Å². The molecule has 0 radical (unpaired) electrons. The Bertz CT molecular complexity index is 2080. The van der Waals surface area contributed by atoms with E-state index in [1.165, 1.54) is 148 Å². The lowest BCUT2D eigenvalue weighted by molar-refractivity contribution is -0.360. The smallest absolute Gasteiger partial charge is 0.463 e. The van der Waals surface area contributed by atoms with Crippen molar-refractivity contribution in [1.82, 2.24) is 0 Å². The average Bonchev–Trinajstić information content (AvgIpc) is 0.761. The molecule has 0 aromatic carbocycles. The van der Waals surface area contributed by atoms with Gasteiger partial charge in [-0.25, -0.2) is 4.57 Å². The molecule has 0 bridgehead atoms. The van der Waals surface area contributed by atoms with Crippen molar-refractivity contribution >= 4 is 25.7 Å². The van der Waals surface area contributed by atoms with Gasteiger partial charge < -0.3 is 89.1 Å². The first-order valence-corrected chi connectivity index (χ1v) is 40.0. The molecule has 1 aliphatic carbocycles. The van der Waals surface area contributed by atoms with E-state index in [0.29, 0.717) is 19.3 Å². The highest BCUT2D eigenvalue weighted by molar-refractivity contribution is 7.47. The van der Waals surface area contributed by atoms with Crippen LogP contribution < -0.4 is 0 Å². The van der Waals surface area contributed by atoms with Crippen molar-refractivity contribution in [2.24, 2.45) is 0 Å². The quantitative estimate of drug-likeness (QED) is 0.00886. The summed E-state index contributed by atoms with van der Waals surface area (Å²) in [4.78, 5) is 51.0. The maximum Gasteiger partial charge on any atom is 0.472 e. The van der Waals surface area contributed by atoms with Gasteiger partial charge in [0.25, 0.3) is 0 Å². The van der Waals surface area contributed by atoms with Gasteiger partial charge in [0.1, 0.15) is 98.7 Å². The normalized spacial score (nSPS) is 27.7. The zero-order chi connectivity index (χ0) is 71.8. The minimum absolute atomic E-state index is 0.00942. The number of unbranched alkanes of at least 4 members (excludes halogenated alkanes) is 37. The monoisotopic (exact) mass is 1430 g/mol. The van der Waals surface area contributed by atoms with E-state index >= 15 is 0 Å². The van der Waals surface area contributed by atoms with Crippen LogP contribution in [-0.2, 0) is 61.2 Å². The molecular formula is C73H135O24P. The van der Waals surface area contributed by atoms with E-state index in [4.69, 9.17) is 42.2 Å². The van der Waals surface area contributed by atoms with Gasteiger partial charge in [-0.1, -0.05) is 251 Å². The van der Waals surface area contributed by atoms with E-state index in [9.17, 15) is 74.9 Å². The minimum atomic E-state index is -5.69. The van der Waals surface area contributed by atoms with Gasteiger partial charge in [-0.15, -0.1) is 0 Å². The predicted molar refractivity (Wildman–Crippen MR) is 370 cm³/mol. The maximum absolute atomic E-state index is 14.3. The van der Waals surface area contributed by atoms with Crippen molar-refractivity contribution in [2.75, 3.05) is 26.4 Å². The molecule has 2 aliphatic heterocycles. The van der Waals surface area contributed by atoms with Crippen LogP contribution in [-0.4, -0.2) is 204 Å². The number of allylic oxidation sites excluding steroid dienone is 2. The van der Waals surface area contributed by atoms with E-state index in [1.54, 1.807) is 0 Å². The molecule has 18 atom stereocenters. The number of rotatable bonds is 60. The molecule has 18 unspecified atom stereocenters. The standard InChI is InChI=1S/C73H135O24P/c1-4-7-10-13-16-19-22-25-26-27-28-31-34-37-40-43-46-49-59(77)92-54(51-89-57(75)47-44-41-38-35-32-29-23-20-17-14-11-8-5-2)52-91-98(87,88)97-71-69(95-72-67(85)62(80)60(78)55(50-74)93-72)65(83)64(82)66(84)70(71)96-73-68(86)63(81)61(79)56(94-73)53-90-58(76)48-45-42-39-36-33-30-24-21-18-15-12-9-6-3/h30,33,54-56,60-74,78-86H,4-29,31-32,34-53H2,1-3H3,(H,87,88)/b33-30-. The lowest BCUT2D eigenvalue weighted by Crippen LogP contribution is -2.69. The Morgan fingerprint density at radius 2 is 0.714 bits per heavy atom. The Morgan fingerprint density at radius 3 is 1.11 bits per heavy atom. The Labute approximate surface area is 586 Å². The Morgan fingerprint density at radius 1 is 0.388 bits per heavy atom. The SMILES string of the molecule is CCCCCCCC/C=C\CCCCCC(=O)OCC1OC(OC2C(O)C(O)C(O)C(OC3OC(CO)C(O)C(O)C3O)C2OP(=O)(O)OCC(COC(=O)CCCCCCCCCCCCCCC)OC(=O)CCCCCCCCCCCCCCCCCCC)C(O)C(O)C1O. The Kier molecular flexibility index (Phi) is 50.7. The van der Waals surface area contributed by atoms with Crippen LogP contribution in [0, 0.1) is 0 Å². The number of esters is 3. The summed E-state index contributed by atoms with van der Waals surface area (Å²) >= 11 is 0. The van der Waals surface area contributed by atoms with Crippen LogP contribution in [0.15, 0.2) is 12.2 Å². The van der Waals surface area contributed by atoms with E-state index in [-0.39, 0.29) is 19.3 Å². The second-order valence-electron chi connectivity index (χ2n) is 27.7. The minimum Gasteiger partial charge on any atom is -0.463 e. The van der Waals surface area contributed by atoms with Crippen molar-refractivity contribution in [1.29, 1.82) is 0 Å². The van der Waals surface area contributed by atoms with Crippen molar-refractivity contribution in [3.8, 4) is 0 Å². The summed E-state index contributed by atoms with van der Waals surface area (Å²) in [6.07, 6.45) is 14.2. The van der Waals surface area contributed by atoms with E-state index in [1.807, 2.05) is 0 Å². The molecule has 3 rings (SSSR count). The molecule has 0 spiro atoms. The number of hydrogen-bond donors (Lipinski definition) is 11. The number of phosphoric acid groups is 1. The van der Waals surface area contributed by atoms with Gasteiger partial charge in [0.2, 0.25) is 0 Å². The van der Waals surface area contributed by atoms with E-state index < -0.39 is 156 Å². The van der Waals surface area contributed by atoms with Gasteiger partial charge in [-0.05, 0) is 44.9 Å². The van der Waals surface area contributed by atoms with Crippen molar-refractivity contribution in [3.05, 3.63) is 12.2 Å². The highest BCUT2D eigenvalue weighted by Crippen LogP contribution is 2.49. The zero-order valence-electron chi connectivity index (χ0n) is 60.1. The number of ether oxygens (including phenoxy) is 7. The summed E-state index contributed by atoms with van der Waals surface area (Å²) in [5, 5.41) is 110. The van der Waals surface area contributed by atoms with Gasteiger partial charge in [-0.3, -0.25) is 23.4 Å². The lowest BCUT2D eigenvalue weighted by atomic mass is 9.84.